The molecule has 0 saturated carbocycles. The maximum atomic E-state index is 13.6. The standard InChI is InChI=1S/C27H27FN4/c1-2-31(18-20-6-4-3-5-7-20)19-24-12-13-25-30-26(21-8-10-23(28)11-9-21)27(32(24)25)22-14-16-29-17-15-22/h3-11,14-17,24H,2,12-13,18-19H2,1H3/t24-/m0/s1. The monoisotopic (exact) mass is 426 g/mol. The van der Waals surface area contributed by atoms with Crippen LogP contribution in [-0.4, -0.2) is 32.5 Å². The van der Waals surface area contributed by atoms with E-state index in [2.05, 4.69) is 51.7 Å². The molecule has 0 saturated heterocycles. The van der Waals surface area contributed by atoms with Gasteiger partial charge in [-0.2, -0.15) is 0 Å². The van der Waals surface area contributed by atoms with Gasteiger partial charge in [-0.25, -0.2) is 9.37 Å². The Balaban J connectivity index is 1.52. The fourth-order valence-electron chi connectivity index (χ4n) is 4.69. The minimum Gasteiger partial charge on any atom is -0.323 e. The highest BCUT2D eigenvalue weighted by Crippen LogP contribution is 2.40. The highest BCUT2D eigenvalue weighted by atomic mass is 19.1. The first-order chi connectivity index (χ1) is 15.7. The summed E-state index contributed by atoms with van der Waals surface area (Å²) in [5, 5.41) is 0. The molecule has 1 aliphatic heterocycles. The fraction of sp³-hybridized carbons (Fsp3) is 0.259. The molecule has 2 aromatic heterocycles. The maximum absolute atomic E-state index is 13.6. The molecule has 2 aromatic carbocycles. The van der Waals surface area contributed by atoms with Crippen LogP contribution >= 0.6 is 0 Å². The SMILES string of the molecule is CCN(Cc1ccccc1)C[C@@H]1CCc2nc(-c3ccc(F)cc3)c(-c3ccncc3)n21. The second-order valence-corrected chi connectivity index (χ2v) is 8.34. The van der Waals surface area contributed by atoms with Gasteiger partial charge < -0.3 is 4.57 Å². The number of fused-ring (bicyclic) bond motifs is 1. The van der Waals surface area contributed by atoms with Gasteiger partial charge in [-0.1, -0.05) is 37.3 Å². The van der Waals surface area contributed by atoms with Crippen LogP contribution in [0.1, 0.15) is 30.8 Å². The van der Waals surface area contributed by atoms with Crippen LogP contribution in [0.25, 0.3) is 22.5 Å². The molecule has 5 rings (SSSR count). The van der Waals surface area contributed by atoms with Crippen molar-refractivity contribution in [3.8, 4) is 22.5 Å². The summed E-state index contributed by atoms with van der Waals surface area (Å²) in [6, 6.07) is 21.7. The van der Waals surface area contributed by atoms with Gasteiger partial charge >= 0.3 is 0 Å². The van der Waals surface area contributed by atoms with E-state index < -0.39 is 0 Å². The number of rotatable bonds is 7. The summed E-state index contributed by atoms with van der Waals surface area (Å²) >= 11 is 0. The van der Waals surface area contributed by atoms with Crippen LogP contribution in [0.3, 0.4) is 0 Å². The van der Waals surface area contributed by atoms with E-state index in [9.17, 15) is 4.39 Å². The van der Waals surface area contributed by atoms with Crippen LogP contribution in [0.5, 0.6) is 0 Å². The second kappa shape index (κ2) is 9.05. The molecule has 162 valence electrons. The Hall–Kier alpha value is -3.31. The topological polar surface area (TPSA) is 34.0 Å². The second-order valence-electron chi connectivity index (χ2n) is 8.34. The first-order valence-corrected chi connectivity index (χ1v) is 11.3. The van der Waals surface area contributed by atoms with E-state index in [4.69, 9.17) is 4.98 Å². The maximum Gasteiger partial charge on any atom is 0.123 e. The predicted octanol–water partition coefficient (Wildman–Crippen LogP) is 5.76. The average Bonchev–Trinajstić information content (AvgIpc) is 3.40. The van der Waals surface area contributed by atoms with E-state index in [0.717, 1.165) is 60.8 Å². The van der Waals surface area contributed by atoms with Gasteiger partial charge in [0.15, 0.2) is 0 Å². The lowest BCUT2D eigenvalue weighted by molar-refractivity contribution is 0.238. The molecule has 0 spiro atoms. The highest BCUT2D eigenvalue weighted by Gasteiger charge is 2.31. The number of hydrogen-bond donors (Lipinski definition) is 0. The van der Waals surface area contributed by atoms with Crippen molar-refractivity contribution in [2.45, 2.75) is 32.4 Å². The summed E-state index contributed by atoms with van der Waals surface area (Å²) < 4.78 is 16.0. The first-order valence-electron chi connectivity index (χ1n) is 11.3. The molecule has 0 aliphatic carbocycles. The van der Waals surface area contributed by atoms with Crippen molar-refractivity contribution in [2.75, 3.05) is 13.1 Å². The highest BCUT2D eigenvalue weighted by molar-refractivity contribution is 5.79. The number of benzene rings is 2. The van der Waals surface area contributed by atoms with Gasteiger partial charge in [0.05, 0.1) is 11.4 Å². The number of aryl methyl sites for hydroxylation is 1. The molecule has 4 nitrogen and oxygen atoms in total. The van der Waals surface area contributed by atoms with Crippen molar-refractivity contribution in [3.05, 3.63) is 96.3 Å². The van der Waals surface area contributed by atoms with Gasteiger partial charge in [0.25, 0.3) is 0 Å². The Bertz CT molecular complexity index is 1170. The van der Waals surface area contributed by atoms with Crippen molar-refractivity contribution in [1.82, 2.24) is 19.4 Å². The van der Waals surface area contributed by atoms with Gasteiger partial charge in [-0.05, 0) is 54.9 Å². The molecule has 0 N–H and O–H groups in total. The lowest BCUT2D eigenvalue weighted by Crippen LogP contribution is -2.29. The number of halogens is 1. The Morgan fingerprint density at radius 1 is 0.969 bits per heavy atom. The van der Waals surface area contributed by atoms with E-state index in [1.165, 1.54) is 17.7 Å². The fourth-order valence-corrected chi connectivity index (χ4v) is 4.69. The van der Waals surface area contributed by atoms with Gasteiger partial charge in [-0.3, -0.25) is 9.88 Å². The number of likely N-dealkylation sites (N-methyl/N-ethyl adjacent to an activating group) is 1. The third-order valence-electron chi connectivity index (χ3n) is 6.29. The molecule has 3 heterocycles. The summed E-state index contributed by atoms with van der Waals surface area (Å²) in [4.78, 5) is 11.7. The number of pyridine rings is 1. The summed E-state index contributed by atoms with van der Waals surface area (Å²) in [5.74, 6) is 0.875. The third kappa shape index (κ3) is 4.08. The third-order valence-corrected chi connectivity index (χ3v) is 6.29. The number of hydrogen-bond acceptors (Lipinski definition) is 3. The molecule has 0 radical (unpaired) electrons. The van der Waals surface area contributed by atoms with Crippen molar-refractivity contribution in [3.63, 3.8) is 0 Å². The summed E-state index contributed by atoms with van der Waals surface area (Å²) in [6.45, 7) is 5.12. The zero-order valence-corrected chi connectivity index (χ0v) is 18.3. The molecule has 0 amide bonds. The quantitative estimate of drug-likeness (QED) is 0.377. The lowest BCUT2D eigenvalue weighted by atomic mass is 10.0. The van der Waals surface area contributed by atoms with Gasteiger partial charge in [-0.15, -0.1) is 0 Å². The molecule has 0 bridgehead atoms. The Labute approximate surface area is 188 Å². The van der Waals surface area contributed by atoms with Crippen molar-refractivity contribution < 1.29 is 4.39 Å². The Kier molecular flexibility index (Phi) is 5.82. The van der Waals surface area contributed by atoms with E-state index in [1.54, 1.807) is 0 Å². The zero-order chi connectivity index (χ0) is 21.9. The molecule has 0 fully saturated rings. The largest absolute Gasteiger partial charge is 0.323 e. The molecule has 1 aliphatic rings. The predicted molar refractivity (Wildman–Crippen MR) is 126 cm³/mol. The minimum absolute atomic E-state index is 0.233. The summed E-state index contributed by atoms with van der Waals surface area (Å²) in [5.41, 5.74) is 5.39. The zero-order valence-electron chi connectivity index (χ0n) is 18.3. The van der Waals surface area contributed by atoms with Crippen LogP contribution in [0.15, 0.2) is 79.1 Å². The van der Waals surface area contributed by atoms with Crippen LogP contribution in [0, 0.1) is 5.82 Å². The molecular weight excluding hydrogens is 399 g/mol. The smallest absolute Gasteiger partial charge is 0.123 e. The Morgan fingerprint density at radius 3 is 2.44 bits per heavy atom. The summed E-state index contributed by atoms with van der Waals surface area (Å²) in [6.07, 6.45) is 5.67. The minimum atomic E-state index is -0.233. The Morgan fingerprint density at radius 2 is 1.72 bits per heavy atom. The number of nitrogens with zero attached hydrogens (tertiary/aromatic N) is 4. The van der Waals surface area contributed by atoms with Gasteiger partial charge in [0, 0.05) is 49.1 Å². The van der Waals surface area contributed by atoms with E-state index in [1.807, 2.05) is 36.7 Å². The molecule has 4 aromatic rings. The van der Waals surface area contributed by atoms with E-state index in [-0.39, 0.29) is 5.82 Å². The lowest BCUT2D eigenvalue weighted by Gasteiger charge is -2.26. The molecular formula is C27H27FN4. The van der Waals surface area contributed by atoms with Crippen LogP contribution in [-0.2, 0) is 13.0 Å². The molecule has 5 heteroatoms. The van der Waals surface area contributed by atoms with Crippen molar-refractivity contribution >= 4 is 0 Å². The van der Waals surface area contributed by atoms with Crippen LogP contribution < -0.4 is 0 Å². The van der Waals surface area contributed by atoms with Crippen molar-refractivity contribution in [2.24, 2.45) is 0 Å². The molecule has 0 unspecified atom stereocenters. The van der Waals surface area contributed by atoms with Crippen molar-refractivity contribution in [1.29, 1.82) is 0 Å². The summed E-state index contributed by atoms with van der Waals surface area (Å²) in [7, 11) is 0. The first kappa shape index (κ1) is 20.6. The van der Waals surface area contributed by atoms with Gasteiger partial charge in [0.2, 0.25) is 0 Å². The normalized spacial score (nSPS) is 15.3. The van der Waals surface area contributed by atoms with E-state index >= 15 is 0 Å². The van der Waals surface area contributed by atoms with Gasteiger partial charge in [0.1, 0.15) is 11.6 Å². The number of aromatic nitrogens is 3. The number of imidazole rings is 1. The average molecular weight is 427 g/mol. The molecule has 32 heavy (non-hydrogen) atoms. The van der Waals surface area contributed by atoms with Crippen LogP contribution in [0.4, 0.5) is 4.39 Å². The van der Waals surface area contributed by atoms with Crippen LogP contribution in [0.2, 0.25) is 0 Å². The van der Waals surface area contributed by atoms with E-state index in [0.29, 0.717) is 6.04 Å². The molecule has 1 atom stereocenters.